The first-order valence-electron chi connectivity index (χ1n) is 6.66. The van der Waals surface area contributed by atoms with Crippen molar-refractivity contribution in [1.29, 1.82) is 0 Å². The third kappa shape index (κ3) is 3.18. The molecule has 0 saturated heterocycles. The number of benzene rings is 2. The van der Waals surface area contributed by atoms with Gasteiger partial charge in [0.15, 0.2) is 0 Å². The lowest BCUT2D eigenvalue weighted by atomic mass is 10.0. The van der Waals surface area contributed by atoms with E-state index in [1.165, 1.54) is 0 Å². The third-order valence-electron chi connectivity index (χ3n) is 3.09. The number of ether oxygens (including phenoxy) is 1. The molecule has 0 aliphatic heterocycles. The molecule has 0 saturated carbocycles. The van der Waals surface area contributed by atoms with Gasteiger partial charge in [-0.1, -0.05) is 24.3 Å². The van der Waals surface area contributed by atoms with E-state index in [1.54, 1.807) is 19.1 Å². The van der Waals surface area contributed by atoms with E-state index in [1.807, 2.05) is 32.3 Å². The molecule has 0 fully saturated rings. The first kappa shape index (κ1) is 14.1. The second kappa shape index (κ2) is 6.24. The molecular weight excluding hydrogens is 250 g/mol. The summed E-state index contributed by atoms with van der Waals surface area (Å²) in [6.45, 7) is 2.20. The number of hydrogen-bond acceptors (Lipinski definition) is 3. The van der Waals surface area contributed by atoms with Crippen molar-refractivity contribution in [2.45, 2.75) is 6.92 Å². The van der Waals surface area contributed by atoms with Crippen molar-refractivity contribution in [3.8, 4) is 11.1 Å². The summed E-state index contributed by atoms with van der Waals surface area (Å²) in [5.74, 6) is -0.277. The summed E-state index contributed by atoms with van der Waals surface area (Å²) in [6.07, 6.45) is 0. The van der Waals surface area contributed by atoms with Crippen molar-refractivity contribution < 1.29 is 9.53 Å². The fourth-order valence-electron chi connectivity index (χ4n) is 1.98. The number of rotatable bonds is 4. The molecule has 2 aromatic rings. The summed E-state index contributed by atoms with van der Waals surface area (Å²) in [7, 11) is 4.03. The van der Waals surface area contributed by atoms with Crippen LogP contribution in [0.2, 0.25) is 0 Å². The lowest BCUT2D eigenvalue weighted by Gasteiger charge is -2.13. The zero-order valence-corrected chi connectivity index (χ0v) is 12.1. The summed E-state index contributed by atoms with van der Waals surface area (Å²) in [4.78, 5) is 13.7. The molecule has 0 aromatic heterocycles. The molecule has 0 spiro atoms. The summed E-state index contributed by atoms with van der Waals surface area (Å²) in [5.41, 5.74) is 3.95. The van der Waals surface area contributed by atoms with Crippen LogP contribution in [-0.2, 0) is 4.74 Å². The van der Waals surface area contributed by atoms with Crippen molar-refractivity contribution >= 4 is 11.7 Å². The maximum absolute atomic E-state index is 11.6. The monoisotopic (exact) mass is 269 g/mol. The minimum atomic E-state index is -0.277. The zero-order valence-electron chi connectivity index (χ0n) is 12.1. The lowest BCUT2D eigenvalue weighted by molar-refractivity contribution is 0.0526. The van der Waals surface area contributed by atoms with Crippen LogP contribution in [0.1, 0.15) is 17.3 Å². The third-order valence-corrected chi connectivity index (χ3v) is 3.09. The topological polar surface area (TPSA) is 29.5 Å². The summed E-state index contributed by atoms with van der Waals surface area (Å²) >= 11 is 0. The smallest absolute Gasteiger partial charge is 0.338 e. The van der Waals surface area contributed by atoms with Gasteiger partial charge in [-0.15, -0.1) is 0 Å². The van der Waals surface area contributed by atoms with Gasteiger partial charge in [-0.25, -0.2) is 4.79 Å². The molecule has 3 nitrogen and oxygen atoms in total. The van der Waals surface area contributed by atoms with E-state index in [0.29, 0.717) is 12.2 Å². The van der Waals surface area contributed by atoms with Gasteiger partial charge >= 0.3 is 5.97 Å². The molecule has 0 radical (unpaired) electrons. The van der Waals surface area contributed by atoms with Gasteiger partial charge in [0.1, 0.15) is 0 Å². The highest BCUT2D eigenvalue weighted by Gasteiger charge is 2.06. The average Bonchev–Trinajstić information content (AvgIpc) is 2.48. The minimum absolute atomic E-state index is 0.277. The number of esters is 1. The summed E-state index contributed by atoms with van der Waals surface area (Å²) < 4.78 is 4.98. The van der Waals surface area contributed by atoms with E-state index in [9.17, 15) is 4.79 Å². The maximum atomic E-state index is 11.6. The van der Waals surface area contributed by atoms with E-state index in [0.717, 1.165) is 16.8 Å². The van der Waals surface area contributed by atoms with Crippen molar-refractivity contribution in [2.24, 2.45) is 0 Å². The molecule has 20 heavy (non-hydrogen) atoms. The Labute approximate surface area is 119 Å². The predicted octanol–water partition coefficient (Wildman–Crippen LogP) is 3.60. The molecule has 2 rings (SSSR count). The van der Waals surface area contributed by atoms with Crippen molar-refractivity contribution in [3.05, 3.63) is 54.1 Å². The average molecular weight is 269 g/mol. The first-order chi connectivity index (χ1) is 9.61. The highest BCUT2D eigenvalue weighted by molar-refractivity contribution is 5.90. The largest absolute Gasteiger partial charge is 0.462 e. The Bertz CT molecular complexity index is 588. The molecule has 0 amide bonds. The molecule has 0 bridgehead atoms. The van der Waals surface area contributed by atoms with Crippen LogP contribution in [0.25, 0.3) is 11.1 Å². The molecule has 2 aromatic carbocycles. The number of nitrogens with zero attached hydrogens (tertiary/aromatic N) is 1. The molecule has 0 unspecified atom stereocenters. The van der Waals surface area contributed by atoms with Crippen LogP contribution in [0.5, 0.6) is 0 Å². The van der Waals surface area contributed by atoms with E-state index in [-0.39, 0.29) is 5.97 Å². The van der Waals surface area contributed by atoms with Crippen LogP contribution in [-0.4, -0.2) is 26.7 Å². The minimum Gasteiger partial charge on any atom is -0.462 e. The van der Waals surface area contributed by atoms with Gasteiger partial charge in [0.05, 0.1) is 12.2 Å². The highest BCUT2D eigenvalue weighted by Crippen LogP contribution is 2.24. The van der Waals surface area contributed by atoms with E-state index in [4.69, 9.17) is 4.74 Å². The fourth-order valence-corrected chi connectivity index (χ4v) is 1.98. The Morgan fingerprint density at radius 2 is 1.75 bits per heavy atom. The van der Waals surface area contributed by atoms with Crippen molar-refractivity contribution in [1.82, 2.24) is 0 Å². The van der Waals surface area contributed by atoms with Gasteiger partial charge in [0.2, 0.25) is 0 Å². The van der Waals surface area contributed by atoms with E-state index in [2.05, 4.69) is 23.1 Å². The Morgan fingerprint density at radius 1 is 1.05 bits per heavy atom. The molecule has 0 N–H and O–H groups in total. The highest BCUT2D eigenvalue weighted by atomic mass is 16.5. The number of carbonyl (C=O) groups is 1. The van der Waals surface area contributed by atoms with Crippen molar-refractivity contribution in [3.63, 3.8) is 0 Å². The summed E-state index contributed by atoms with van der Waals surface area (Å²) in [6, 6.07) is 15.8. The number of hydrogen-bond donors (Lipinski definition) is 0. The standard InChI is InChI=1S/C17H19NO2/c1-4-20-17(19)14-10-8-13(9-11-14)15-6-5-7-16(12-15)18(2)3/h5-12H,4H2,1-3H3. The maximum Gasteiger partial charge on any atom is 0.338 e. The lowest BCUT2D eigenvalue weighted by Crippen LogP contribution is -2.08. The van der Waals surface area contributed by atoms with Crippen LogP contribution in [0, 0.1) is 0 Å². The van der Waals surface area contributed by atoms with Gasteiger partial charge in [-0.3, -0.25) is 0 Å². The second-order valence-electron chi connectivity index (χ2n) is 4.74. The number of carbonyl (C=O) groups excluding carboxylic acids is 1. The van der Waals surface area contributed by atoms with Crippen molar-refractivity contribution in [2.75, 3.05) is 25.6 Å². The summed E-state index contributed by atoms with van der Waals surface area (Å²) in [5, 5.41) is 0. The molecule has 0 aliphatic carbocycles. The van der Waals surface area contributed by atoms with Gasteiger partial charge in [0, 0.05) is 19.8 Å². The molecular formula is C17H19NO2. The van der Waals surface area contributed by atoms with Gasteiger partial charge < -0.3 is 9.64 Å². The molecule has 104 valence electrons. The zero-order chi connectivity index (χ0) is 14.5. The fraction of sp³-hybridized carbons (Fsp3) is 0.235. The first-order valence-corrected chi connectivity index (χ1v) is 6.66. The van der Waals surface area contributed by atoms with Crippen LogP contribution in [0.4, 0.5) is 5.69 Å². The van der Waals surface area contributed by atoms with Crippen LogP contribution < -0.4 is 4.90 Å². The van der Waals surface area contributed by atoms with Gasteiger partial charge in [0.25, 0.3) is 0 Å². The Kier molecular flexibility index (Phi) is 4.41. The Morgan fingerprint density at radius 3 is 2.35 bits per heavy atom. The van der Waals surface area contributed by atoms with E-state index < -0.39 is 0 Å². The Balaban J connectivity index is 2.26. The molecule has 0 aliphatic rings. The predicted molar refractivity (Wildman–Crippen MR) is 82.2 cm³/mol. The van der Waals surface area contributed by atoms with Gasteiger partial charge in [-0.05, 0) is 42.3 Å². The SMILES string of the molecule is CCOC(=O)c1ccc(-c2cccc(N(C)C)c2)cc1. The number of anilines is 1. The molecule has 0 heterocycles. The Hall–Kier alpha value is -2.29. The second-order valence-corrected chi connectivity index (χ2v) is 4.74. The normalized spacial score (nSPS) is 10.2. The van der Waals surface area contributed by atoms with Gasteiger partial charge in [-0.2, -0.15) is 0 Å². The van der Waals surface area contributed by atoms with Crippen LogP contribution in [0.15, 0.2) is 48.5 Å². The van der Waals surface area contributed by atoms with E-state index >= 15 is 0 Å². The molecule has 0 atom stereocenters. The quantitative estimate of drug-likeness (QED) is 0.794. The van der Waals surface area contributed by atoms with Crippen LogP contribution in [0.3, 0.4) is 0 Å². The van der Waals surface area contributed by atoms with Crippen LogP contribution >= 0.6 is 0 Å². The molecule has 3 heteroatoms.